The number of nitrogens with one attached hydrogen (secondary N) is 1. The molecule has 0 radical (unpaired) electrons. The van der Waals surface area contributed by atoms with E-state index in [-0.39, 0.29) is 5.91 Å². The van der Waals surface area contributed by atoms with Crippen LogP contribution < -0.4 is 14.8 Å². The van der Waals surface area contributed by atoms with E-state index >= 15 is 0 Å². The van der Waals surface area contributed by atoms with E-state index in [9.17, 15) is 4.79 Å². The van der Waals surface area contributed by atoms with Crippen LogP contribution >= 0.6 is 0 Å². The number of aryl methyl sites for hydroxylation is 3. The molecule has 0 bridgehead atoms. The van der Waals surface area contributed by atoms with Gasteiger partial charge in [-0.15, -0.1) is 0 Å². The van der Waals surface area contributed by atoms with Gasteiger partial charge in [0.05, 0.1) is 19.8 Å². The van der Waals surface area contributed by atoms with Crippen LogP contribution in [0.25, 0.3) is 0 Å². The first-order chi connectivity index (χ1) is 10.5. The molecule has 2 aromatic rings. The van der Waals surface area contributed by atoms with Crippen LogP contribution in [0.2, 0.25) is 0 Å². The number of anilines is 1. The third-order valence-electron chi connectivity index (χ3n) is 3.57. The molecule has 2 aromatic carbocycles. The zero-order chi connectivity index (χ0) is 16.3. The molecule has 0 fully saturated rings. The maximum atomic E-state index is 12.6. The van der Waals surface area contributed by atoms with Gasteiger partial charge in [-0.25, -0.2) is 0 Å². The quantitative estimate of drug-likeness (QED) is 0.932. The molecular formula is C18H21NO3. The monoisotopic (exact) mass is 299 g/mol. The third-order valence-corrected chi connectivity index (χ3v) is 3.57. The van der Waals surface area contributed by atoms with Gasteiger partial charge in [-0.2, -0.15) is 0 Å². The van der Waals surface area contributed by atoms with E-state index in [4.69, 9.17) is 9.47 Å². The lowest BCUT2D eigenvalue weighted by atomic mass is 10.0. The standard InChI is InChI=1S/C18H21NO3/c1-11-8-12(2)17(13(3)9-11)19-18(20)15-7-6-14(21-4)10-16(15)22-5/h6-10H,1-5H3,(H,19,20). The van der Waals surface area contributed by atoms with Crippen LogP contribution in [0.5, 0.6) is 11.5 Å². The van der Waals surface area contributed by atoms with Crippen molar-refractivity contribution in [1.29, 1.82) is 0 Å². The number of carbonyl (C=O) groups excluding carboxylic acids is 1. The van der Waals surface area contributed by atoms with Gasteiger partial charge in [0.2, 0.25) is 0 Å². The van der Waals surface area contributed by atoms with Crippen molar-refractivity contribution in [3.8, 4) is 11.5 Å². The molecule has 0 saturated heterocycles. The first kappa shape index (κ1) is 15.9. The lowest BCUT2D eigenvalue weighted by molar-refractivity contribution is 0.102. The van der Waals surface area contributed by atoms with Crippen molar-refractivity contribution in [1.82, 2.24) is 0 Å². The molecule has 0 heterocycles. The molecule has 4 nitrogen and oxygen atoms in total. The van der Waals surface area contributed by atoms with Crippen LogP contribution in [0.4, 0.5) is 5.69 Å². The molecule has 0 aliphatic rings. The van der Waals surface area contributed by atoms with Gasteiger partial charge in [0, 0.05) is 11.8 Å². The number of amides is 1. The number of methoxy groups -OCH3 is 2. The highest BCUT2D eigenvalue weighted by Gasteiger charge is 2.15. The molecule has 0 spiro atoms. The fraction of sp³-hybridized carbons (Fsp3) is 0.278. The predicted molar refractivity (Wildman–Crippen MR) is 88.2 cm³/mol. The van der Waals surface area contributed by atoms with Crippen LogP contribution in [0, 0.1) is 20.8 Å². The maximum absolute atomic E-state index is 12.6. The van der Waals surface area contributed by atoms with Crippen molar-refractivity contribution in [3.63, 3.8) is 0 Å². The second kappa shape index (κ2) is 6.52. The zero-order valence-electron chi connectivity index (χ0n) is 13.6. The van der Waals surface area contributed by atoms with Gasteiger partial charge in [-0.3, -0.25) is 4.79 Å². The first-order valence-corrected chi connectivity index (χ1v) is 7.07. The van der Waals surface area contributed by atoms with E-state index in [1.165, 1.54) is 12.7 Å². The average molecular weight is 299 g/mol. The Kier molecular flexibility index (Phi) is 4.71. The fourth-order valence-electron chi connectivity index (χ4n) is 2.54. The molecule has 0 saturated carbocycles. The van der Waals surface area contributed by atoms with Crippen LogP contribution in [0.1, 0.15) is 27.0 Å². The minimum Gasteiger partial charge on any atom is -0.497 e. The van der Waals surface area contributed by atoms with E-state index in [0.29, 0.717) is 17.1 Å². The molecule has 0 atom stereocenters. The Labute approximate surface area is 131 Å². The Morgan fingerprint density at radius 1 is 0.955 bits per heavy atom. The highest BCUT2D eigenvalue weighted by molar-refractivity contribution is 6.07. The Morgan fingerprint density at radius 2 is 1.59 bits per heavy atom. The van der Waals surface area contributed by atoms with Crippen LogP contribution in [-0.2, 0) is 0 Å². The first-order valence-electron chi connectivity index (χ1n) is 7.07. The van der Waals surface area contributed by atoms with Crippen LogP contribution in [-0.4, -0.2) is 20.1 Å². The van der Waals surface area contributed by atoms with Crippen LogP contribution in [0.3, 0.4) is 0 Å². The molecule has 4 heteroatoms. The Morgan fingerprint density at radius 3 is 2.14 bits per heavy atom. The van der Waals surface area contributed by atoms with Gasteiger partial charge >= 0.3 is 0 Å². The summed E-state index contributed by atoms with van der Waals surface area (Å²) in [5.41, 5.74) is 4.57. The molecule has 0 aliphatic carbocycles. The topological polar surface area (TPSA) is 47.6 Å². The summed E-state index contributed by atoms with van der Waals surface area (Å²) >= 11 is 0. The molecule has 0 aliphatic heterocycles. The normalized spacial score (nSPS) is 10.2. The van der Waals surface area contributed by atoms with E-state index < -0.39 is 0 Å². The summed E-state index contributed by atoms with van der Waals surface area (Å²) in [6.45, 7) is 6.01. The molecule has 0 aromatic heterocycles. The molecule has 1 amide bonds. The van der Waals surface area contributed by atoms with Crippen molar-refractivity contribution < 1.29 is 14.3 Å². The van der Waals surface area contributed by atoms with Crippen molar-refractivity contribution >= 4 is 11.6 Å². The molecule has 116 valence electrons. The maximum Gasteiger partial charge on any atom is 0.259 e. The summed E-state index contributed by atoms with van der Waals surface area (Å²) in [4.78, 5) is 12.6. The molecule has 2 rings (SSSR count). The molecule has 22 heavy (non-hydrogen) atoms. The summed E-state index contributed by atoms with van der Waals surface area (Å²) in [7, 11) is 3.11. The fourth-order valence-corrected chi connectivity index (χ4v) is 2.54. The molecule has 0 unspecified atom stereocenters. The van der Waals surface area contributed by atoms with Gasteiger partial charge < -0.3 is 14.8 Å². The Balaban J connectivity index is 2.34. The van der Waals surface area contributed by atoms with Crippen LogP contribution in [0.15, 0.2) is 30.3 Å². The number of hydrogen-bond donors (Lipinski definition) is 1. The third kappa shape index (κ3) is 3.22. The summed E-state index contributed by atoms with van der Waals surface area (Å²) < 4.78 is 10.4. The molecular weight excluding hydrogens is 278 g/mol. The Hall–Kier alpha value is -2.49. The van der Waals surface area contributed by atoms with Crippen molar-refractivity contribution in [2.75, 3.05) is 19.5 Å². The smallest absolute Gasteiger partial charge is 0.259 e. The number of rotatable bonds is 4. The predicted octanol–water partition coefficient (Wildman–Crippen LogP) is 3.88. The van der Waals surface area contributed by atoms with Gasteiger partial charge in [0.25, 0.3) is 5.91 Å². The van der Waals surface area contributed by atoms with Gasteiger partial charge in [0.1, 0.15) is 11.5 Å². The largest absolute Gasteiger partial charge is 0.497 e. The lowest BCUT2D eigenvalue weighted by Gasteiger charge is -2.14. The summed E-state index contributed by atoms with van der Waals surface area (Å²) in [6, 6.07) is 9.24. The number of ether oxygens (including phenoxy) is 2. The van der Waals surface area contributed by atoms with Crippen molar-refractivity contribution in [3.05, 3.63) is 52.6 Å². The zero-order valence-corrected chi connectivity index (χ0v) is 13.6. The van der Waals surface area contributed by atoms with E-state index in [1.54, 1.807) is 25.3 Å². The van der Waals surface area contributed by atoms with Gasteiger partial charge in [0.15, 0.2) is 0 Å². The SMILES string of the molecule is COc1ccc(C(=O)Nc2c(C)cc(C)cc2C)c(OC)c1. The second-order valence-corrected chi connectivity index (χ2v) is 5.29. The average Bonchev–Trinajstić information content (AvgIpc) is 2.49. The van der Waals surface area contributed by atoms with Crippen molar-refractivity contribution in [2.45, 2.75) is 20.8 Å². The highest BCUT2D eigenvalue weighted by Crippen LogP contribution is 2.27. The number of hydrogen-bond acceptors (Lipinski definition) is 3. The highest BCUT2D eigenvalue weighted by atomic mass is 16.5. The minimum absolute atomic E-state index is 0.199. The number of benzene rings is 2. The minimum atomic E-state index is -0.199. The van der Waals surface area contributed by atoms with E-state index in [2.05, 4.69) is 5.32 Å². The summed E-state index contributed by atoms with van der Waals surface area (Å²) in [5, 5.41) is 2.97. The summed E-state index contributed by atoms with van der Waals surface area (Å²) in [5.74, 6) is 0.935. The van der Waals surface area contributed by atoms with Gasteiger partial charge in [-0.1, -0.05) is 17.7 Å². The Bertz CT molecular complexity index is 684. The lowest BCUT2D eigenvalue weighted by Crippen LogP contribution is -2.15. The number of carbonyl (C=O) groups is 1. The van der Waals surface area contributed by atoms with Crippen molar-refractivity contribution in [2.24, 2.45) is 0 Å². The summed E-state index contributed by atoms with van der Waals surface area (Å²) in [6.07, 6.45) is 0. The van der Waals surface area contributed by atoms with Gasteiger partial charge in [-0.05, 0) is 44.0 Å². The second-order valence-electron chi connectivity index (χ2n) is 5.29. The van der Waals surface area contributed by atoms with E-state index in [1.807, 2.05) is 32.9 Å². The molecule has 1 N–H and O–H groups in total. The van der Waals surface area contributed by atoms with E-state index in [0.717, 1.165) is 16.8 Å².